The van der Waals surface area contributed by atoms with Gasteiger partial charge in [0.25, 0.3) is 0 Å². The van der Waals surface area contributed by atoms with Gasteiger partial charge in [0.1, 0.15) is 11.6 Å². The number of aliphatic carboxylic acids is 1. The number of aromatic nitrogens is 2. The zero-order chi connectivity index (χ0) is 14.7. The molecule has 0 spiro atoms. The van der Waals surface area contributed by atoms with Crippen molar-refractivity contribution in [2.45, 2.75) is 26.2 Å². The highest BCUT2D eigenvalue weighted by atomic mass is 16.5. The molecule has 2 aromatic rings. The number of imidazole rings is 1. The van der Waals surface area contributed by atoms with E-state index >= 15 is 0 Å². The molecule has 0 saturated carbocycles. The average Bonchev–Trinajstić information content (AvgIpc) is 2.82. The van der Waals surface area contributed by atoms with Crippen molar-refractivity contribution in [3.05, 3.63) is 35.8 Å². The van der Waals surface area contributed by atoms with Crippen LogP contribution in [0.5, 0.6) is 5.75 Å². The normalized spacial score (nSPS) is 10.8. The van der Waals surface area contributed by atoms with Gasteiger partial charge < -0.3 is 14.8 Å². The molecule has 1 aromatic heterocycles. The Morgan fingerprint density at radius 2 is 2.20 bits per heavy atom. The third-order valence-electron chi connectivity index (χ3n) is 3.02. The fourth-order valence-corrected chi connectivity index (χ4v) is 1.99. The van der Waals surface area contributed by atoms with Gasteiger partial charge in [0.15, 0.2) is 0 Å². The Balaban J connectivity index is 2.49. The Morgan fingerprint density at radius 3 is 2.80 bits per heavy atom. The van der Waals surface area contributed by atoms with Crippen molar-refractivity contribution in [1.29, 1.82) is 0 Å². The van der Waals surface area contributed by atoms with Crippen LogP contribution in [0.4, 0.5) is 0 Å². The SMILES string of the molecule is COc1cccc(-c2nc(C(C)C)[nH]c2CC(=O)O)c1. The smallest absolute Gasteiger partial charge is 0.309 e. The van der Waals surface area contributed by atoms with Crippen LogP contribution in [0, 0.1) is 0 Å². The number of H-pyrrole nitrogens is 1. The zero-order valence-corrected chi connectivity index (χ0v) is 11.8. The first-order valence-electron chi connectivity index (χ1n) is 6.46. The first kappa shape index (κ1) is 14.1. The van der Waals surface area contributed by atoms with Crippen molar-refractivity contribution in [2.24, 2.45) is 0 Å². The average molecular weight is 274 g/mol. The Labute approximate surface area is 117 Å². The number of carboxylic acid groups (broad SMARTS) is 1. The van der Waals surface area contributed by atoms with Gasteiger partial charge in [-0.3, -0.25) is 4.79 Å². The molecule has 0 saturated heterocycles. The molecule has 0 fully saturated rings. The van der Waals surface area contributed by atoms with E-state index in [1.54, 1.807) is 7.11 Å². The van der Waals surface area contributed by atoms with E-state index in [4.69, 9.17) is 9.84 Å². The molecule has 5 nitrogen and oxygen atoms in total. The number of carboxylic acids is 1. The topological polar surface area (TPSA) is 75.2 Å². The third-order valence-corrected chi connectivity index (χ3v) is 3.02. The number of hydrogen-bond donors (Lipinski definition) is 2. The highest BCUT2D eigenvalue weighted by molar-refractivity contribution is 5.74. The molecule has 0 radical (unpaired) electrons. The lowest BCUT2D eigenvalue weighted by Gasteiger charge is -2.03. The maximum atomic E-state index is 11.0. The van der Waals surface area contributed by atoms with Crippen LogP contribution in [0.25, 0.3) is 11.3 Å². The van der Waals surface area contributed by atoms with Crippen molar-refractivity contribution >= 4 is 5.97 Å². The van der Waals surface area contributed by atoms with E-state index in [0.717, 1.165) is 17.1 Å². The molecule has 0 aliphatic heterocycles. The van der Waals surface area contributed by atoms with E-state index in [9.17, 15) is 4.79 Å². The first-order valence-corrected chi connectivity index (χ1v) is 6.46. The fourth-order valence-electron chi connectivity index (χ4n) is 1.99. The number of aromatic amines is 1. The van der Waals surface area contributed by atoms with Crippen molar-refractivity contribution in [3.8, 4) is 17.0 Å². The quantitative estimate of drug-likeness (QED) is 0.879. The van der Waals surface area contributed by atoms with Crippen molar-refractivity contribution < 1.29 is 14.6 Å². The fraction of sp³-hybridized carbons (Fsp3) is 0.333. The lowest BCUT2D eigenvalue weighted by molar-refractivity contribution is -0.136. The van der Waals surface area contributed by atoms with Crippen molar-refractivity contribution in [3.63, 3.8) is 0 Å². The molecule has 5 heteroatoms. The molecule has 106 valence electrons. The lowest BCUT2D eigenvalue weighted by Crippen LogP contribution is -2.02. The molecule has 0 bridgehead atoms. The van der Waals surface area contributed by atoms with Gasteiger partial charge >= 0.3 is 5.97 Å². The predicted molar refractivity (Wildman–Crippen MR) is 76.0 cm³/mol. The lowest BCUT2D eigenvalue weighted by atomic mass is 10.1. The van der Waals surface area contributed by atoms with E-state index in [1.165, 1.54) is 0 Å². The summed E-state index contributed by atoms with van der Waals surface area (Å²) < 4.78 is 5.20. The summed E-state index contributed by atoms with van der Waals surface area (Å²) in [6.45, 7) is 4.03. The minimum Gasteiger partial charge on any atom is -0.497 e. The van der Waals surface area contributed by atoms with E-state index in [-0.39, 0.29) is 12.3 Å². The summed E-state index contributed by atoms with van der Waals surface area (Å²) in [6.07, 6.45) is -0.0771. The summed E-state index contributed by atoms with van der Waals surface area (Å²) in [4.78, 5) is 18.6. The summed E-state index contributed by atoms with van der Waals surface area (Å²) in [6, 6.07) is 7.46. The highest BCUT2D eigenvalue weighted by Crippen LogP contribution is 2.27. The second-order valence-corrected chi connectivity index (χ2v) is 4.91. The summed E-state index contributed by atoms with van der Waals surface area (Å²) in [5.41, 5.74) is 2.15. The highest BCUT2D eigenvalue weighted by Gasteiger charge is 2.16. The van der Waals surface area contributed by atoms with E-state index in [1.807, 2.05) is 38.1 Å². The minimum atomic E-state index is -0.881. The molecular weight excluding hydrogens is 256 g/mol. The van der Waals surface area contributed by atoms with Gasteiger partial charge in [-0.25, -0.2) is 4.98 Å². The summed E-state index contributed by atoms with van der Waals surface area (Å²) in [5.74, 6) is 0.840. The van der Waals surface area contributed by atoms with Gasteiger partial charge in [-0.05, 0) is 12.1 Å². The van der Waals surface area contributed by atoms with Crippen molar-refractivity contribution in [2.75, 3.05) is 7.11 Å². The number of methoxy groups -OCH3 is 1. The summed E-state index contributed by atoms with van der Waals surface area (Å²) in [7, 11) is 1.60. The number of ether oxygens (including phenoxy) is 1. The maximum absolute atomic E-state index is 11.0. The third kappa shape index (κ3) is 2.99. The van der Waals surface area contributed by atoms with Crippen LogP contribution in [0.15, 0.2) is 24.3 Å². The van der Waals surface area contributed by atoms with E-state index in [2.05, 4.69) is 9.97 Å². The number of carbonyl (C=O) groups is 1. The molecule has 2 N–H and O–H groups in total. The van der Waals surface area contributed by atoms with Gasteiger partial charge in [0.2, 0.25) is 0 Å². The molecule has 0 atom stereocenters. The van der Waals surface area contributed by atoms with Gasteiger partial charge in [-0.1, -0.05) is 26.0 Å². The molecule has 20 heavy (non-hydrogen) atoms. The number of rotatable bonds is 5. The van der Waals surface area contributed by atoms with Crippen LogP contribution in [-0.4, -0.2) is 28.2 Å². The standard InChI is InChI=1S/C15H18N2O3/c1-9(2)15-16-12(8-13(18)19)14(17-15)10-5-4-6-11(7-10)20-3/h4-7,9H,8H2,1-3H3,(H,16,17)(H,18,19). The van der Waals surface area contributed by atoms with E-state index < -0.39 is 5.97 Å². The van der Waals surface area contributed by atoms with Crippen LogP contribution in [0.3, 0.4) is 0 Å². The van der Waals surface area contributed by atoms with Crippen LogP contribution in [0.1, 0.15) is 31.3 Å². The second kappa shape index (κ2) is 5.77. The molecule has 0 aliphatic rings. The molecule has 2 rings (SSSR count). The maximum Gasteiger partial charge on any atom is 0.309 e. The number of hydrogen-bond acceptors (Lipinski definition) is 3. The number of nitrogens with one attached hydrogen (secondary N) is 1. The largest absolute Gasteiger partial charge is 0.497 e. The zero-order valence-electron chi connectivity index (χ0n) is 11.8. The molecule has 1 heterocycles. The molecule has 1 aromatic carbocycles. The molecule has 0 amide bonds. The minimum absolute atomic E-state index is 0.0771. The summed E-state index contributed by atoms with van der Waals surface area (Å²) in [5, 5.41) is 9.01. The van der Waals surface area contributed by atoms with Gasteiger partial charge in [0, 0.05) is 11.5 Å². The predicted octanol–water partition coefficient (Wildman–Crippen LogP) is 2.84. The second-order valence-electron chi connectivity index (χ2n) is 4.91. The van der Waals surface area contributed by atoms with Crippen LogP contribution in [0.2, 0.25) is 0 Å². The number of benzene rings is 1. The molecule has 0 aliphatic carbocycles. The van der Waals surface area contributed by atoms with Crippen LogP contribution < -0.4 is 4.74 Å². The Hall–Kier alpha value is -2.30. The Kier molecular flexibility index (Phi) is 4.08. The monoisotopic (exact) mass is 274 g/mol. The molecule has 0 unspecified atom stereocenters. The van der Waals surface area contributed by atoms with Gasteiger partial charge in [-0.15, -0.1) is 0 Å². The van der Waals surface area contributed by atoms with Gasteiger partial charge in [0.05, 0.1) is 24.9 Å². The number of nitrogens with zero attached hydrogens (tertiary/aromatic N) is 1. The van der Waals surface area contributed by atoms with Crippen molar-refractivity contribution in [1.82, 2.24) is 9.97 Å². The van der Waals surface area contributed by atoms with Crippen LogP contribution >= 0.6 is 0 Å². The van der Waals surface area contributed by atoms with E-state index in [0.29, 0.717) is 11.4 Å². The Bertz CT molecular complexity index is 617. The van der Waals surface area contributed by atoms with Crippen LogP contribution in [-0.2, 0) is 11.2 Å². The molecular formula is C15H18N2O3. The first-order chi connectivity index (χ1) is 9.51. The Morgan fingerprint density at radius 1 is 1.45 bits per heavy atom. The van der Waals surface area contributed by atoms with Gasteiger partial charge in [-0.2, -0.15) is 0 Å². The summed E-state index contributed by atoms with van der Waals surface area (Å²) >= 11 is 0.